The lowest BCUT2D eigenvalue weighted by Gasteiger charge is -2.22. The molecule has 0 saturated carbocycles. The van der Waals surface area contributed by atoms with Crippen molar-refractivity contribution in [3.05, 3.63) is 106 Å². The van der Waals surface area contributed by atoms with Crippen LogP contribution in [0.5, 0.6) is 0 Å². The molecule has 0 spiro atoms. The van der Waals surface area contributed by atoms with Crippen molar-refractivity contribution in [2.24, 2.45) is 0 Å². The zero-order valence-corrected chi connectivity index (χ0v) is 20.4. The van der Waals surface area contributed by atoms with Crippen LogP contribution in [0.3, 0.4) is 0 Å². The number of halogens is 3. The first-order chi connectivity index (χ1) is 19.1. The SMILES string of the molecule is O=C(NC(CO)C(O)c1ccc([N+](=O)[O-])cc1)c1cnn2c(C(F)(F)F)cc(-c3cccc4ccccc34)nc12. The number of fused-ring (bicyclic) bond motifs is 2. The topological polar surface area (TPSA) is 143 Å². The zero-order chi connectivity index (χ0) is 28.6. The summed E-state index contributed by atoms with van der Waals surface area (Å²) in [5.41, 5.74) is -1.51. The van der Waals surface area contributed by atoms with Crippen LogP contribution in [0.1, 0.15) is 27.7 Å². The maximum atomic E-state index is 14.1. The van der Waals surface area contributed by atoms with Crippen molar-refractivity contribution in [1.82, 2.24) is 19.9 Å². The predicted molar refractivity (Wildman–Crippen MR) is 137 cm³/mol. The molecule has 2 heterocycles. The first kappa shape index (κ1) is 26.7. The van der Waals surface area contributed by atoms with E-state index < -0.39 is 41.5 Å². The molecule has 40 heavy (non-hydrogen) atoms. The maximum absolute atomic E-state index is 14.1. The Morgan fingerprint density at radius 2 is 1.77 bits per heavy atom. The van der Waals surface area contributed by atoms with E-state index >= 15 is 0 Å². The number of rotatable bonds is 7. The number of nitrogens with zero attached hydrogens (tertiary/aromatic N) is 4. The number of aliphatic hydroxyl groups is 2. The molecular formula is C27H20F3N5O5. The van der Waals surface area contributed by atoms with Gasteiger partial charge in [0.05, 0.1) is 29.5 Å². The minimum atomic E-state index is -4.83. The molecule has 0 radical (unpaired) electrons. The fraction of sp³-hybridized carbons (Fsp3) is 0.148. The number of nitrogens with one attached hydrogen (secondary N) is 1. The van der Waals surface area contributed by atoms with Crippen LogP contribution in [0.15, 0.2) is 79.0 Å². The molecule has 3 N–H and O–H groups in total. The standard InChI is InChI=1S/C27H20F3N5O5/c28-27(29,30)23-12-21(19-7-3-5-15-4-1-2-6-18(15)19)32-25-20(13-31-34(23)25)26(38)33-22(14-36)24(37)16-8-10-17(11-9-16)35(39)40/h1-13,22,24,36-37H,14H2,(H,33,38). The Morgan fingerprint density at radius 3 is 2.45 bits per heavy atom. The summed E-state index contributed by atoms with van der Waals surface area (Å²) in [6.07, 6.45) is -5.39. The molecular weight excluding hydrogens is 531 g/mol. The molecule has 0 saturated heterocycles. The molecule has 0 aliphatic carbocycles. The fourth-order valence-electron chi connectivity index (χ4n) is 4.41. The van der Waals surface area contributed by atoms with Crippen molar-refractivity contribution in [2.45, 2.75) is 18.3 Å². The zero-order valence-electron chi connectivity index (χ0n) is 20.4. The van der Waals surface area contributed by atoms with Gasteiger partial charge in [0.2, 0.25) is 0 Å². The summed E-state index contributed by atoms with van der Waals surface area (Å²) < 4.78 is 42.7. The molecule has 204 valence electrons. The van der Waals surface area contributed by atoms with Crippen molar-refractivity contribution in [1.29, 1.82) is 0 Å². The molecule has 5 rings (SSSR count). The second kappa shape index (κ2) is 10.4. The Kier molecular flexibility index (Phi) is 6.92. The number of nitro groups is 1. The van der Waals surface area contributed by atoms with Crippen LogP contribution in [0.2, 0.25) is 0 Å². The predicted octanol–water partition coefficient (Wildman–Crippen LogP) is 4.30. The van der Waals surface area contributed by atoms with Gasteiger partial charge in [0.15, 0.2) is 11.3 Å². The first-order valence-corrected chi connectivity index (χ1v) is 11.9. The minimum Gasteiger partial charge on any atom is -0.394 e. The summed E-state index contributed by atoms with van der Waals surface area (Å²) in [5.74, 6) is -0.939. The number of amides is 1. The Hall–Kier alpha value is -4.88. The number of hydrogen-bond donors (Lipinski definition) is 3. The summed E-state index contributed by atoms with van der Waals surface area (Å²) in [6.45, 7) is -0.744. The van der Waals surface area contributed by atoms with Gasteiger partial charge in [-0.25, -0.2) is 9.50 Å². The molecule has 2 atom stereocenters. The molecule has 0 aliphatic heterocycles. The number of benzene rings is 3. The number of carbonyl (C=O) groups excluding carboxylic acids is 1. The van der Waals surface area contributed by atoms with Gasteiger partial charge in [0.1, 0.15) is 11.7 Å². The van der Waals surface area contributed by atoms with E-state index in [1.165, 1.54) is 12.1 Å². The number of aliphatic hydroxyl groups excluding tert-OH is 2. The third kappa shape index (κ3) is 4.95. The van der Waals surface area contributed by atoms with Gasteiger partial charge < -0.3 is 15.5 Å². The van der Waals surface area contributed by atoms with Crippen molar-refractivity contribution in [3.8, 4) is 11.3 Å². The average molecular weight is 551 g/mol. The van der Waals surface area contributed by atoms with Gasteiger partial charge in [-0.2, -0.15) is 18.3 Å². The van der Waals surface area contributed by atoms with Crippen LogP contribution < -0.4 is 5.32 Å². The normalized spacial score (nSPS) is 13.3. The smallest absolute Gasteiger partial charge is 0.394 e. The number of alkyl halides is 3. The van der Waals surface area contributed by atoms with Crippen molar-refractivity contribution in [2.75, 3.05) is 6.61 Å². The van der Waals surface area contributed by atoms with Crippen LogP contribution in [0.25, 0.3) is 27.7 Å². The highest BCUT2D eigenvalue weighted by Gasteiger charge is 2.36. The van der Waals surface area contributed by atoms with E-state index in [1.807, 2.05) is 12.1 Å². The highest BCUT2D eigenvalue weighted by Crippen LogP contribution is 2.35. The monoisotopic (exact) mass is 551 g/mol. The third-order valence-electron chi connectivity index (χ3n) is 6.41. The lowest BCUT2D eigenvalue weighted by Crippen LogP contribution is -2.42. The largest absolute Gasteiger partial charge is 0.433 e. The highest BCUT2D eigenvalue weighted by atomic mass is 19.4. The van der Waals surface area contributed by atoms with Crippen molar-refractivity contribution in [3.63, 3.8) is 0 Å². The Balaban J connectivity index is 1.54. The van der Waals surface area contributed by atoms with Gasteiger partial charge in [0.25, 0.3) is 11.6 Å². The minimum absolute atomic E-state index is 0.0317. The molecule has 0 aliphatic rings. The van der Waals surface area contributed by atoms with Crippen molar-refractivity contribution >= 4 is 28.0 Å². The highest BCUT2D eigenvalue weighted by molar-refractivity contribution is 6.01. The fourth-order valence-corrected chi connectivity index (χ4v) is 4.41. The molecule has 2 unspecified atom stereocenters. The van der Waals surface area contributed by atoms with Gasteiger partial charge in [-0.05, 0) is 34.5 Å². The van der Waals surface area contributed by atoms with E-state index in [1.54, 1.807) is 30.3 Å². The van der Waals surface area contributed by atoms with E-state index in [-0.39, 0.29) is 28.2 Å². The molecule has 0 fully saturated rings. The lowest BCUT2D eigenvalue weighted by atomic mass is 10.0. The van der Waals surface area contributed by atoms with Crippen LogP contribution in [0, 0.1) is 10.1 Å². The molecule has 10 nitrogen and oxygen atoms in total. The van der Waals surface area contributed by atoms with Crippen LogP contribution >= 0.6 is 0 Å². The molecule has 2 aromatic heterocycles. The molecule has 0 bridgehead atoms. The quantitative estimate of drug-likeness (QED) is 0.202. The van der Waals surface area contributed by atoms with Crippen LogP contribution in [-0.2, 0) is 6.18 Å². The second-order valence-corrected chi connectivity index (χ2v) is 8.90. The number of aromatic nitrogens is 3. The number of non-ortho nitro benzene ring substituents is 1. The maximum Gasteiger partial charge on any atom is 0.433 e. The Morgan fingerprint density at radius 1 is 1.07 bits per heavy atom. The first-order valence-electron chi connectivity index (χ1n) is 11.9. The van der Waals surface area contributed by atoms with E-state index in [0.29, 0.717) is 15.5 Å². The molecule has 5 aromatic rings. The number of nitro benzene ring substituents is 1. The molecule has 3 aromatic carbocycles. The summed E-state index contributed by atoms with van der Waals surface area (Å²) in [4.78, 5) is 27.8. The van der Waals surface area contributed by atoms with Gasteiger partial charge in [-0.15, -0.1) is 0 Å². The number of carbonyl (C=O) groups is 1. The van der Waals surface area contributed by atoms with Crippen LogP contribution in [-0.4, -0.2) is 48.3 Å². The van der Waals surface area contributed by atoms with Crippen LogP contribution in [0.4, 0.5) is 18.9 Å². The van der Waals surface area contributed by atoms with E-state index in [4.69, 9.17) is 0 Å². The van der Waals surface area contributed by atoms with Crippen molar-refractivity contribution < 1.29 is 33.1 Å². The van der Waals surface area contributed by atoms with Gasteiger partial charge >= 0.3 is 6.18 Å². The summed E-state index contributed by atoms with van der Waals surface area (Å²) in [7, 11) is 0. The Bertz CT molecular complexity index is 1730. The van der Waals surface area contributed by atoms with Gasteiger partial charge in [0, 0.05) is 17.7 Å². The second-order valence-electron chi connectivity index (χ2n) is 8.90. The lowest BCUT2D eigenvalue weighted by molar-refractivity contribution is -0.384. The van der Waals surface area contributed by atoms with Gasteiger partial charge in [-0.3, -0.25) is 14.9 Å². The van der Waals surface area contributed by atoms with E-state index in [9.17, 15) is 38.3 Å². The third-order valence-corrected chi connectivity index (χ3v) is 6.41. The molecule has 1 amide bonds. The summed E-state index contributed by atoms with van der Waals surface area (Å²) in [5, 5.41) is 39.0. The summed E-state index contributed by atoms with van der Waals surface area (Å²) in [6, 6.07) is 16.6. The number of hydrogen-bond acceptors (Lipinski definition) is 7. The molecule has 13 heteroatoms. The van der Waals surface area contributed by atoms with Gasteiger partial charge in [-0.1, -0.05) is 42.5 Å². The van der Waals surface area contributed by atoms with E-state index in [2.05, 4.69) is 15.4 Å². The summed E-state index contributed by atoms with van der Waals surface area (Å²) >= 11 is 0. The average Bonchev–Trinajstić information content (AvgIpc) is 3.38. The van der Waals surface area contributed by atoms with E-state index in [0.717, 1.165) is 29.8 Å². The Labute approximate surface area is 223 Å².